The molecule has 5 heteroatoms. The second kappa shape index (κ2) is 5.75. The third-order valence-corrected chi connectivity index (χ3v) is 2.24. The van der Waals surface area contributed by atoms with Crippen LogP contribution in [0.1, 0.15) is 6.92 Å². The van der Waals surface area contributed by atoms with Crippen LogP contribution < -0.4 is 14.8 Å². The van der Waals surface area contributed by atoms with E-state index in [0.29, 0.717) is 17.2 Å². The number of nitrogens with zero attached hydrogens (tertiary/aromatic N) is 1. The first-order valence-electron chi connectivity index (χ1n) is 5.05. The molecule has 5 nitrogen and oxygen atoms in total. The Hall–Kier alpha value is -2.22. The predicted octanol–water partition coefficient (Wildman–Crippen LogP) is 1.80. The van der Waals surface area contributed by atoms with Gasteiger partial charge in [0.25, 0.3) is 0 Å². The summed E-state index contributed by atoms with van der Waals surface area (Å²) in [5, 5.41) is 11.2. The van der Waals surface area contributed by atoms with Crippen molar-refractivity contribution in [2.45, 2.75) is 6.92 Å². The summed E-state index contributed by atoms with van der Waals surface area (Å²) in [6.07, 6.45) is 0. The third-order valence-electron chi connectivity index (χ3n) is 2.24. The highest BCUT2D eigenvalue weighted by Gasteiger charge is 2.12. The van der Waals surface area contributed by atoms with Crippen molar-refractivity contribution in [3.63, 3.8) is 0 Å². The van der Waals surface area contributed by atoms with Gasteiger partial charge in [-0.1, -0.05) is 0 Å². The molecule has 1 unspecified atom stereocenters. The number of ether oxygens (including phenoxy) is 2. The van der Waals surface area contributed by atoms with Crippen molar-refractivity contribution in [1.82, 2.24) is 0 Å². The molecular weight excluding hydrogens is 220 g/mol. The van der Waals surface area contributed by atoms with Gasteiger partial charge in [0.2, 0.25) is 5.91 Å². The number of anilines is 1. The Bertz CT molecular complexity index is 452. The minimum atomic E-state index is -0.692. The van der Waals surface area contributed by atoms with E-state index in [0.717, 1.165) is 0 Å². The number of rotatable bonds is 4. The summed E-state index contributed by atoms with van der Waals surface area (Å²) in [6.45, 7) is 1.54. The number of methoxy groups -OCH3 is 2. The van der Waals surface area contributed by atoms with Gasteiger partial charge < -0.3 is 14.8 Å². The Morgan fingerprint density at radius 3 is 2.53 bits per heavy atom. The van der Waals surface area contributed by atoms with Crippen LogP contribution in [0.15, 0.2) is 18.2 Å². The van der Waals surface area contributed by atoms with Crippen LogP contribution in [0.3, 0.4) is 0 Å². The molecule has 0 heterocycles. The van der Waals surface area contributed by atoms with Gasteiger partial charge in [0, 0.05) is 11.8 Å². The molecule has 1 amide bonds. The van der Waals surface area contributed by atoms with Gasteiger partial charge >= 0.3 is 0 Å². The van der Waals surface area contributed by atoms with Crippen molar-refractivity contribution >= 4 is 11.6 Å². The molecule has 1 aromatic rings. The maximum atomic E-state index is 11.5. The van der Waals surface area contributed by atoms with Crippen LogP contribution in [0.25, 0.3) is 0 Å². The van der Waals surface area contributed by atoms with Gasteiger partial charge in [-0.3, -0.25) is 4.79 Å². The van der Waals surface area contributed by atoms with Crippen LogP contribution in [0, 0.1) is 17.2 Å². The zero-order valence-electron chi connectivity index (χ0n) is 9.98. The lowest BCUT2D eigenvalue weighted by molar-refractivity contribution is -0.117. The van der Waals surface area contributed by atoms with Crippen molar-refractivity contribution in [3.8, 4) is 17.6 Å². The standard InChI is InChI=1S/C12H14N2O3/c1-8(7-13)12(15)14-9-4-5-10(16-2)11(6-9)17-3/h4-6,8H,1-3H3,(H,14,15). The fourth-order valence-electron chi connectivity index (χ4n) is 1.22. The van der Waals surface area contributed by atoms with Crippen molar-refractivity contribution in [3.05, 3.63) is 18.2 Å². The van der Waals surface area contributed by atoms with Crippen LogP contribution in [0.5, 0.6) is 11.5 Å². The number of carbonyl (C=O) groups excluding carboxylic acids is 1. The molecule has 1 atom stereocenters. The summed E-state index contributed by atoms with van der Waals surface area (Å²) in [5.41, 5.74) is 0.565. The van der Waals surface area contributed by atoms with E-state index in [1.54, 1.807) is 18.2 Å². The number of carbonyl (C=O) groups is 1. The maximum absolute atomic E-state index is 11.5. The number of benzene rings is 1. The average molecular weight is 234 g/mol. The van der Waals surface area contributed by atoms with Crippen molar-refractivity contribution in [1.29, 1.82) is 5.26 Å². The molecule has 0 radical (unpaired) electrons. The van der Waals surface area contributed by atoms with E-state index in [1.165, 1.54) is 21.1 Å². The van der Waals surface area contributed by atoms with Gasteiger partial charge in [0.1, 0.15) is 5.92 Å². The second-order valence-electron chi connectivity index (χ2n) is 3.41. The fraction of sp³-hybridized carbons (Fsp3) is 0.333. The molecule has 17 heavy (non-hydrogen) atoms. The molecule has 0 fully saturated rings. The highest BCUT2D eigenvalue weighted by atomic mass is 16.5. The number of nitrogens with one attached hydrogen (secondary N) is 1. The smallest absolute Gasteiger partial charge is 0.241 e. The number of nitriles is 1. The SMILES string of the molecule is COc1ccc(NC(=O)C(C)C#N)cc1OC. The summed E-state index contributed by atoms with van der Waals surface area (Å²) in [7, 11) is 3.05. The molecule has 1 N–H and O–H groups in total. The lowest BCUT2D eigenvalue weighted by atomic mass is 10.2. The van der Waals surface area contributed by atoms with E-state index in [-0.39, 0.29) is 5.91 Å². The van der Waals surface area contributed by atoms with E-state index < -0.39 is 5.92 Å². The predicted molar refractivity (Wildman–Crippen MR) is 63.0 cm³/mol. The van der Waals surface area contributed by atoms with E-state index in [2.05, 4.69) is 5.32 Å². The van der Waals surface area contributed by atoms with Crippen LogP contribution in [0.4, 0.5) is 5.69 Å². The zero-order chi connectivity index (χ0) is 12.8. The van der Waals surface area contributed by atoms with Crippen molar-refractivity contribution < 1.29 is 14.3 Å². The number of amides is 1. The third kappa shape index (κ3) is 3.11. The Balaban J connectivity index is 2.87. The first-order chi connectivity index (χ1) is 8.12. The fourth-order valence-corrected chi connectivity index (χ4v) is 1.22. The first kappa shape index (κ1) is 12.8. The highest BCUT2D eigenvalue weighted by molar-refractivity contribution is 5.94. The topological polar surface area (TPSA) is 71.3 Å². The van der Waals surface area contributed by atoms with Gasteiger partial charge in [-0.15, -0.1) is 0 Å². The minimum Gasteiger partial charge on any atom is -0.493 e. The van der Waals surface area contributed by atoms with Crippen molar-refractivity contribution in [2.24, 2.45) is 5.92 Å². The molecule has 1 aromatic carbocycles. The summed E-state index contributed by atoms with van der Waals surface area (Å²) >= 11 is 0. The van der Waals surface area contributed by atoms with Gasteiger partial charge in [0.15, 0.2) is 11.5 Å². The molecule has 0 aliphatic heterocycles. The minimum absolute atomic E-state index is 0.347. The Morgan fingerprint density at radius 1 is 1.35 bits per heavy atom. The van der Waals surface area contributed by atoms with E-state index in [1.807, 2.05) is 6.07 Å². The molecule has 0 aliphatic carbocycles. The van der Waals surface area contributed by atoms with Crippen LogP contribution in [-0.4, -0.2) is 20.1 Å². The van der Waals surface area contributed by atoms with Gasteiger partial charge in [0.05, 0.1) is 20.3 Å². The Kier molecular flexibility index (Phi) is 4.35. The average Bonchev–Trinajstić information content (AvgIpc) is 2.37. The lowest BCUT2D eigenvalue weighted by Gasteiger charge is -2.11. The molecule has 0 saturated heterocycles. The molecule has 0 aliphatic rings. The molecule has 0 bridgehead atoms. The largest absolute Gasteiger partial charge is 0.493 e. The van der Waals surface area contributed by atoms with Crippen LogP contribution in [-0.2, 0) is 4.79 Å². The number of hydrogen-bond acceptors (Lipinski definition) is 4. The summed E-state index contributed by atoms with van der Waals surface area (Å²) in [6, 6.07) is 6.88. The molecule has 0 aromatic heterocycles. The normalized spacial score (nSPS) is 11.2. The van der Waals surface area contributed by atoms with Gasteiger partial charge in [-0.05, 0) is 19.1 Å². The molecular formula is C12H14N2O3. The lowest BCUT2D eigenvalue weighted by Crippen LogP contribution is -2.18. The monoisotopic (exact) mass is 234 g/mol. The molecule has 1 rings (SSSR count). The van der Waals surface area contributed by atoms with E-state index >= 15 is 0 Å². The zero-order valence-corrected chi connectivity index (χ0v) is 9.98. The van der Waals surface area contributed by atoms with E-state index in [9.17, 15) is 4.79 Å². The summed E-state index contributed by atoms with van der Waals surface area (Å²) in [5.74, 6) is 0.0663. The molecule has 0 spiro atoms. The molecule has 90 valence electrons. The van der Waals surface area contributed by atoms with E-state index in [4.69, 9.17) is 14.7 Å². The van der Waals surface area contributed by atoms with Gasteiger partial charge in [-0.2, -0.15) is 5.26 Å². The summed E-state index contributed by atoms with van der Waals surface area (Å²) in [4.78, 5) is 11.5. The van der Waals surface area contributed by atoms with Crippen molar-refractivity contribution in [2.75, 3.05) is 19.5 Å². The maximum Gasteiger partial charge on any atom is 0.241 e. The second-order valence-corrected chi connectivity index (χ2v) is 3.41. The quantitative estimate of drug-likeness (QED) is 0.862. The van der Waals surface area contributed by atoms with Crippen LogP contribution >= 0.6 is 0 Å². The first-order valence-corrected chi connectivity index (χ1v) is 5.05. The van der Waals surface area contributed by atoms with Crippen LogP contribution in [0.2, 0.25) is 0 Å². The Labute approximate surface area is 100.0 Å². The summed E-state index contributed by atoms with van der Waals surface area (Å²) < 4.78 is 10.2. The Morgan fingerprint density at radius 2 is 2.00 bits per heavy atom. The molecule has 0 saturated carbocycles. The number of hydrogen-bond donors (Lipinski definition) is 1. The van der Waals surface area contributed by atoms with Gasteiger partial charge in [-0.25, -0.2) is 0 Å². The highest BCUT2D eigenvalue weighted by Crippen LogP contribution is 2.29.